The van der Waals surface area contributed by atoms with Crippen LogP contribution < -0.4 is 4.72 Å². The van der Waals surface area contributed by atoms with E-state index in [0.29, 0.717) is 21.2 Å². The molecule has 3 aromatic rings. The van der Waals surface area contributed by atoms with Gasteiger partial charge in [-0.05, 0) is 48.6 Å². The fourth-order valence-electron chi connectivity index (χ4n) is 4.30. The van der Waals surface area contributed by atoms with Gasteiger partial charge in [-0.25, -0.2) is 12.8 Å². The largest absolute Gasteiger partial charge is 0.512 e. The van der Waals surface area contributed by atoms with Gasteiger partial charge in [0, 0.05) is 10.8 Å². The highest BCUT2D eigenvalue weighted by Gasteiger charge is 2.23. The molecule has 1 saturated carbocycles. The summed E-state index contributed by atoms with van der Waals surface area (Å²) in [6, 6.07) is 12.4. The van der Waals surface area contributed by atoms with Crippen molar-refractivity contribution in [1.29, 1.82) is 0 Å². The third kappa shape index (κ3) is 5.28. The van der Waals surface area contributed by atoms with Crippen LogP contribution in [-0.4, -0.2) is 24.4 Å². The number of fused-ring (bicyclic) bond motifs is 1. The molecule has 0 aromatic heterocycles. The van der Waals surface area contributed by atoms with Crippen LogP contribution in [0, 0.1) is 5.82 Å². The van der Waals surface area contributed by atoms with Crippen LogP contribution in [0.2, 0.25) is 0 Å². The average molecular weight is 488 g/mol. The van der Waals surface area contributed by atoms with Gasteiger partial charge in [0.05, 0.1) is 27.0 Å². The molecule has 0 saturated heterocycles. The summed E-state index contributed by atoms with van der Waals surface area (Å²) in [7, 11) is -4.10. The lowest BCUT2D eigenvalue weighted by molar-refractivity contribution is 0.420. The average Bonchev–Trinajstić information content (AvgIpc) is 2.80. The summed E-state index contributed by atoms with van der Waals surface area (Å²) in [5, 5.41) is 21.1. The van der Waals surface area contributed by atoms with Gasteiger partial charge in [0.25, 0.3) is 10.0 Å². The lowest BCUT2D eigenvalue weighted by atomic mass is 9.84. The maximum atomic E-state index is 14.4. The molecule has 0 radical (unpaired) electrons. The molecule has 1 aliphatic rings. The van der Waals surface area contributed by atoms with Gasteiger partial charge >= 0.3 is 0 Å². The van der Waals surface area contributed by atoms with E-state index in [1.54, 1.807) is 30.3 Å². The van der Waals surface area contributed by atoms with Crippen LogP contribution in [0.5, 0.6) is 5.75 Å². The number of aliphatic hydroxyl groups is 1. The van der Waals surface area contributed by atoms with E-state index in [2.05, 4.69) is 11.3 Å². The summed E-state index contributed by atoms with van der Waals surface area (Å²) < 4.78 is 43.6. The van der Waals surface area contributed by atoms with Crippen molar-refractivity contribution in [3.8, 4) is 5.75 Å². The zero-order valence-corrected chi connectivity index (χ0v) is 19.7. The highest BCUT2D eigenvalue weighted by atomic mass is 32.2. The zero-order chi connectivity index (χ0) is 23.6. The third-order valence-electron chi connectivity index (χ3n) is 5.90. The number of sulfonamides is 1. The molecule has 1 fully saturated rings. The number of aliphatic hydroxyl groups excluding tert-OH is 1. The maximum absolute atomic E-state index is 14.4. The molecule has 0 atom stereocenters. The highest BCUT2D eigenvalue weighted by molar-refractivity contribution is 7.99. The first kappa shape index (κ1) is 23.4. The third-order valence-corrected chi connectivity index (χ3v) is 8.35. The van der Waals surface area contributed by atoms with Crippen LogP contribution in [0.1, 0.15) is 43.6 Å². The normalized spacial score (nSPS) is 14.9. The van der Waals surface area contributed by atoms with Gasteiger partial charge in [0.1, 0.15) is 11.6 Å². The number of thioether (sulfide) groups is 1. The standard InChI is InChI=1S/C25H26FNO4S2/c1-16(28)15-32-24-14-23(21-9-5-6-10-22(21)25(24)29)27-33(30,31)20-12-18(11-19(26)13-20)17-7-3-2-4-8-17/h5-6,9-14,17,27-29H,1-4,7-8,15H2. The van der Waals surface area contributed by atoms with Gasteiger partial charge < -0.3 is 10.2 Å². The second-order valence-corrected chi connectivity index (χ2v) is 11.0. The van der Waals surface area contributed by atoms with E-state index in [0.717, 1.165) is 49.9 Å². The van der Waals surface area contributed by atoms with Crippen molar-refractivity contribution in [3.05, 3.63) is 72.2 Å². The molecule has 3 N–H and O–H groups in total. The quantitative estimate of drug-likeness (QED) is 0.196. The summed E-state index contributed by atoms with van der Waals surface area (Å²) in [5.41, 5.74) is 0.973. The molecule has 0 unspecified atom stereocenters. The van der Waals surface area contributed by atoms with Gasteiger partial charge in [0.15, 0.2) is 0 Å². The number of phenols is 1. The highest BCUT2D eigenvalue weighted by Crippen LogP contribution is 2.41. The molecule has 0 heterocycles. The van der Waals surface area contributed by atoms with Gasteiger partial charge in [-0.3, -0.25) is 4.72 Å². The summed E-state index contributed by atoms with van der Waals surface area (Å²) in [6.07, 6.45) is 5.12. The van der Waals surface area contributed by atoms with Crippen molar-refractivity contribution in [2.45, 2.75) is 47.8 Å². The lowest BCUT2D eigenvalue weighted by Gasteiger charge is -2.22. The van der Waals surface area contributed by atoms with E-state index in [1.165, 1.54) is 12.1 Å². The Kier molecular flexibility index (Phi) is 6.86. The van der Waals surface area contributed by atoms with E-state index >= 15 is 0 Å². The van der Waals surface area contributed by atoms with Crippen LogP contribution in [0.3, 0.4) is 0 Å². The van der Waals surface area contributed by atoms with Gasteiger partial charge in [0.2, 0.25) is 0 Å². The molecule has 0 amide bonds. The van der Waals surface area contributed by atoms with Crippen molar-refractivity contribution < 1.29 is 23.0 Å². The molecule has 174 valence electrons. The maximum Gasteiger partial charge on any atom is 0.262 e. The van der Waals surface area contributed by atoms with E-state index in [4.69, 9.17) is 0 Å². The zero-order valence-electron chi connectivity index (χ0n) is 18.1. The first-order chi connectivity index (χ1) is 15.7. The van der Waals surface area contributed by atoms with Crippen molar-refractivity contribution in [2.75, 3.05) is 10.5 Å². The Labute approximate surface area is 197 Å². The first-order valence-electron chi connectivity index (χ1n) is 10.8. The molecule has 0 aliphatic heterocycles. The van der Waals surface area contributed by atoms with Crippen molar-refractivity contribution in [1.82, 2.24) is 0 Å². The van der Waals surface area contributed by atoms with E-state index in [-0.39, 0.29) is 33.8 Å². The molecule has 3 aromatic carbocycles. The summed E-state index contributed by atoms with van der Waals surface area (Å²) >= 11 is 1.14. The number of anilines is 1. The summed E-state index contributed by atoms with van der Waals surface area (Å²) in [4.78, 5) is 0.266. The molecular weight excluding hydrogens is 461 g/mol. The van der Waals surface area contributed by atoms with Crippen molar-refractivity contribution >= 4 is 38.2 Å². The van der Waals surface area contributed by atoms with Gasteiger partial charge in [-0.2, -0.15) is 0 Å². The summed E-state index contributed by atoms with van der Waals surface area (Å²) in [5.74, 6) is -0.346. The number of aromatic hydroxyl groups is 1. The second kappa shape index (κ2) is 9.65. The Bertz CT molecular complexity index is 1300. The Morgan fingerprint density at radius 3 is 2.48 bits per heavy atom. The van der Waals surface area contributed by atoms with Crippen LogP contribution in [0.4, 0.5) is 10.1 Å². The van der Waals surface area contributed by atoms with E-state index < -0.39 is 15.8 Å². The molecule has 8 heteroatoms. The fraction of sp³-hybridized carbons (Fsp3) is 0.280. The molecular formula is C25H26FNO4S2. The van der Waals surface area contributed by atoms with E-state index in [9.17, 15) is 23.0 Å². The number of hydrogen-bond acceptors (Lipinski definition) is 5. The summed E-state index contributed by atoms with van der Waals surface area (Å²) in [6.45, 7) is 3.44. The Balaban J connectivity index is 1.73. The molecule has 1 aliphatic carbocycles. The number of nitrogens with one attached hydrogen (secondary N) is 1. The Hall–Kier alpha value is -2.71. The predicted molar refractivity (Wildman–Crippen MR) is 131 cm³/mol. The minimum absolute atomic E-state index is 0.00913. The molecule has 5 nitrogen and oxygen atoms in total. The number of phenolic OH excluding ortho intramolecular Hbond substituents is 1. The van der Waals surface area contributed by atoms with Crippen molar-refractivity contribution in [3.63, 3.8) is 0 Å². The van der Waals surface area contributed by atoms with E-state index in [1.807, 2.05) is 0 Å². The monoisotopic (exact) mass is 487 g/mol. The van der Waals surface area contributed by atoms with Crippen LogP contribution in [0.25, 0.3) is 10.8 Å². The topological polar surface area (TPSA) is 86.6 Å². The minimum Gasteiger partial charge on any atom is -0.512 e. The smallest absolute Gasteiger partial charge is 0.262 e. The van der Waals surface area contributed by atoms with Gasteiger partial charge in [-0.15, -0.1) is 11.8 Å². The van der Waals surface area contributed by atoms with Crippen molar-refractivity contribution in [2.24, 2.45) is 0 Å². The second-order valence-electron chi connectivity index (χ2n) is 8.33. The molecule has 4 rings (SSSR count). The number of rotatable bonds is 7. The van der Waals surface area contributed by atoms with Gasteiger partial charge in [-0.1, -0.05) is 50.1 Å². The van der Waals surface area contributed by atoms with Crippen LogP contribution in [0.15, 0.2) is 70.7 Å². The lowest BCUT2D eigenvalue weighted by Crippen LogP contribution is -2.15. The molecule has 0 spiro atoms. The van der Waals surface area contributed by atoms with Crippen LogP contribution >= 0.6 is 11.8 Å². The Morgan fingerprint density at radius 1 is 1.09 bits per heavy atom. The number of hydrogen-bond donors (Lipinski definition) is 3. The first-order valence-corrected chi connectivity index (χ1v) is 13.3. The molecule has 33 heavy (non-hydrogen) atoms. The molecule has 0 bridgehead atoms. The van der Waals surface area contributed by atoms with Crippen LogP contribution in [-0.2, 0) is 10.0 Å². The minimum atomic E-state index is -4.10. The predicted octanol–water partition coefficient (Wildman–Crippen LogP) is 6.70. The fourth-order valence-corrected chi connectivity index (χ4v) is 6.21. The Morgan fingerprint density at radius 2 is 1.79 bits per heavy atom. The number of benzene rings is 3. The SMILES string of the molecule is C=C(O)CSc1cc(NS(=O)(=O)c2cc(F)cc(C3CCCCC3)c2)c2ccccc2c1O. The number of halogens is 1.